The smallest absolute Gasteiger partial charge is 0.185 e. The molecule has 1 aliphatic carbocycles. The molecule has 1 aliphatic rings. The molecule has 14 heavy (non-hydrogen) atoms. The summed E-state index contributed by atoms with van der Waals surface area (Å²) in [6.07, 6.45) is 12.8. The van der Waals surface area contributed by atoms with Gasteiger partial charge in [0.2, 0.25) is 0 Å². The molecule has 1 nitrogen and oxygen atoms in total. The first-order valence-corrected chi connectivity index (χ1v) is 6.45. The molecule has 0 aromatic rings. The number of carbonyl (C=O) groups is 1. The second kappa shape index (κ2) is 7.33. The summed E-state index contributed by atoms with van der Waals surface area (Å²) in [6, 6.07) is 0. The van der Waals surface area contributed by atoms with Crippen molar-refractivity contribution in [2.45, 2.75) is 64.2 Å². The van der Waals surface area contributed by atoms with Crippen molar-refractivity contribution in [3.8, 4) is 0 Å². The lowest BCUT2D eigenvalue weighted by atomic mass is 9.88. The van der Waals surface area contributed by atoms with E-state index in [0.717, 1.165) is 12.3 Å². The van der Waals surface area contributed by atoms with Crippen LogP contribution in [0.1, 0.15) is 64.2 Å². The fourth-order valence-electron chi connectivity index (χ4n) is 2.37. The van der Waals surface area contributed by atoms with Crippen molar-refractivity contribution < 1.29 is 4.79 Å². The van der Waals surface area contributed by atoms with Gasteiger partial charge in [-0.2, -0.15) is 0 Å². The standard InChI is InChI=1S/C12H22OS/c13-12(14)10-6-9-11-7-4-2-1-3-5-8-11/h11H,1-10H2,(H,13,14). The van der Waals surface area contributed by atoms with Crippen LogP contribution in [0.2, 0.25) is 0 Å². The van der Waals surface area contributed by atoms with E-state index >= 15 is 0 Å². The topological polar surface area (TPSA) is 17.1 Å². The van der Waals surface area contributed by atoms with Crippen LogP contribution in [0.15, 0.2) is 0 Å². The summed E-state index contributed by atoms with van der Waals surface area (Å²) < 4.78 is 0. The van der Waals surface area contributed by atoms with Gasteiger partial charge in [-0.25, -0.2) is 0 Å². The van der Waals surface area contributed by atoms with E-state index in [4.69, 9.17) is 0 Å². The predicted molar refractivity (Wildman–Crippen MR) is 63.7 cm³/mol. The van der Waals surface area contributed by atoms with Crippen LogP contribution >= 0.6 is 12.6 Å². The van der Waals surface area contributed by atoms with E-state index < -0.39 is 0 Å². The van der Waals surface area contributed by atoms with Crippen LogP contribution in [-0.4, -0.2) is 5.12 Å². The van der Waals surface area contributed by atoms with Gasteiger partial charge in [-0.1, -0.05) is 44.9 Å². The van der Waals surface area contributed by atoms with Crippen LogP contribution in [-0.2, 0) is 4.79 Å². The van der Waals surface area contributed by atoms with Gasteiger partial charge in [-0.05, 0) is 18.8 Å². The third kappa shape index (κ3) is 5.69. The molecule has 1 saturated carbocycles. The second-order valence-corrected chi connectivity index (χ2v) is 5.00. The first-order valence-electron chi connectivity index (χ1n) is 6.01. The van der Waals surface area contributed by atoms with E-state index in [2.05, 4.69) is 12.6 Å². The summed E-state index contributed by atoms with van der Waals surface area (Å²) in [4.78, 5) is 10.7. The highest BCUT2D eigenvalue weighted by atomic mass is 32.1. The number of carbonyl (C=O) groups excluding carboxylic acids is 1. The van der Waals surface area contributed by atoms with Gasteiger partial charge < -0.3 is 0 Å². The first kappa shape index (κ1) is 12.1. The predicted octanol–water partition coefficient (Wildman–Crippen LogP) is 3.97. The quantitative estimate of drug-likeness (QED) is 0.701. The molecule has 0 saturated heterocycles. The number of hydrogen-bond donors (Lipinski definition) is 1. The number of rotatable bonds is 4. The highest BCUT2D eigenvalue weighted by Gasteiger charge is 2.11. The molecule has 0 amide bonds. The largest absolute Gasteiger partial charge is 0.288 e. The number of thiol groups is 1. The van der Waals surface area contributed by atoms with E-state index in [1.54, 1.807) is 0 Å². The molecule has 0 aromatic heterocycles. The van der Waals surface area contributed by atoms with E-state index in [-0.39, 0.29) is 5.12 Å². The lowest BCUT2D eigenvalue weighted by Crippen LogP contribution is -2.04. The molecular weight excluding hydrogens is 192 g/mol. The van der Waals surface area contributed by atoms with Crippen molar-refractivity contribution in [3.63, 3.8) is 0 Å². The van der Waals surface area contributed by atoms with E-state index in [0.29, 0.717) is 6.42 Å². The highest BCUT2D eigenvalue weighted by molar-refractivity contribution is 7.96. The van der Waals surface area contributed by atoms with Crippen LogP contribution in [0.4, 0.5) is 0 Å². The zero-order chi connectivity index (χ0) is 10.2. The molecule has 1 rings (SSSR count). The average molecular weight is 214 g/mol. The van der Waals surface area contributed by atoms with Crippen molar-refractivity contribution in [2.75, 3.05) is 0 Å². The molecule has 0 heterocycles. The van der Waals surface area contributed by atoms with Gasteiger partial charge in [0.05, 0.1) is 0 Å². The third-order valence-corrected chi connectivity index (χ3v) is 3.45. The monoisotopic (exact) mass is 214 g/mol. The molecule has 0 N–H and O–H groups in total. The van der Waals surface area contributed by atoms with Gasteiger partial charge in [0.1, 0.15) is 0 Å². The first-order chi connectivity index (χ1) is 6.79. The van der Waals surface area contributed by atoms with Crippen molar-refractivity contribution in [3.05, 3.63) is 0 Å². The van der Waals surface area contributed by atoms with Gasteiger partial charge >= 0.3 is 0 Å². The van der Waals surface area contributed by atoms with Gasteiger partial charge in [0, 0.05) is 6.42 Å². The average Bonchev–Trinajstić information content (AvgIpc) is 2.07. The maximum Gasteiger partial charge on any atom is 0.185 e. The fraction of sp³-hybridized carbons (Fsp3) is 0.917. The van der Waals surface area contributed by atoms with Crippen LogP contribution in [0.3, 0.4) is 0 Å². The summed E-state index contributed by atoms with van der Waals surface area (Å²) in [5, 5.41) is 0.0517. The Labute approximate surface area is 93.1 Å². The third-order valence-electron chi connectivity index (χ3n) is 3.23. The van der Waals surface area contributed by atoms with Gasteiger partial charge in [-0.15, -0.1) is 12.6 Å². The fourth-order valence-corrected chi connectivity index (χ4v) is 2.53. The van der Waals surface area contributed by atoms with E-state index in [1.165, 1.54) is 51.4 Å². The summed E-state index contributed by atoms with van der Waals surface area (Å²) >= 11 is 3.80. The van der Waals surface area contributed by atoms with Crippen molar-refractivity contribution in [1.82, 2.24) is 0 Å². The normalized spacial score (nSPS) is 20.1. The van der Waals surface area contributed by atoms with Crippen LogP contribution < -0.4 is 0 Å². The molecule has 0 bridgehead atoms. The van der Waals surface area contributed by atoms with E-state index in [9.17, 15) is 4.79 Å². The minimum Gasteiger partial charge on any atom is -0.288 e. The van der Waals surface area contributed by atoms with Crippen LogP contribution in [0.25, 0.3) is 0 Å². The molecule has 0 spiro atoms. The molecular formula is C12H22OS. The Balaban J connectivity index is 2.10. The summed E-state index contributed by atoms with van der Waals surface area (Å²) in [5.41, 5.74) is 0. The Hall–Kier alpha value is 0.0200. The lowest BCUT2D eigenvalue weighted by Gasteiger charge is -2.18. The molecule has 0 aromatic carbocycles. The highest BCUT2D eigenvalue weighted by Crippen LogP contribution is 2.26. The number of hydrogen-bond acceptors (Lipinski definition) is 1. The van der Waals surface area contributed by atoms with Crippen molar-refractivity contribution >= 4 is 17.7 Å². The zero-order valence-electron chi connectivity index (χ0n) is 9.00. The molecule has 82 valence electrons. The minimum atomic E-state index is 0.0517. The molecule has 1 fully saturated rings. The summed E-state index contributed by atoms with van der Waals surface area (Å²) in [6.45, 7) is 0. The van der Waals surface area contributed by atoms with E-state index in [1.807, 2.05) is 0 Å². The Morgan fingerprint density at radius 3 is 2.21 bits per heavy atom. The lowest BCUT2D eigenvalue weighted by molar-refractivity contribution is -0.110. The van der Waals surface area contributed by atoms with Crippen LogP contribution in [0.5, 0.6) is 0 Å². The Morgan fingerprint density at radius 2 is 1.64 bits per heavy atom. The maximum absolute atomic E-state index is 10.7. The van der Waals surface area contributed by atoms with Gasteiger partial charge in [-0.3, -0.25) is 4.79 Å². The summed E-state index contributed by atoms with van der Waals surface area (Å²) in [5.74, 6) is 0.892. The van der Waals surface area contributed by atoms with Gasteiger partial charge in [0.25, 0.3) is 0 Å². The molecule has 2 heteroatoms. The SMILES string of the molecule is O=C(S)CCCC1CCCCCCC1. The Morgan fingerprint density at radius 1 is 1.07 bits per heavy atom. The minimum absolute atomic E-state index is 0.0517. The Kier molecular flexibility index (Phi) is 6.33. The molecule has 0 radical (unpaired) electrons. The summed E-state index contributed by atoms with van der Waals surface area (Å²) in [7, 11) is 0. The zero-order valence-corrected chi connectivity index (χ0v) is 9.90. The second-order valence-electron chi connectivity index (χ2n) is 4.50. The van der Waals surface area contributed by atoms with Gasteiger partial charge in [0.15, 0.2) is 5.12 Å². The van der Waals surface area contributed by atoms with Crippen molar-refractivity contribution in [2.24, 2.45) is 5.92 Å². The molecule has 0 atom stereocenters. The maximum atomic E-state index is 10.7. The molecule has 0 unspecified atom stereocenters. The molecule has 0 aliphatic heterocycles. The van der Waals surface area contributed by atoms with Crippen molar-refractivity contribution in [1.29, 1.82) is 0 Å². The van der Waals surface area contributed by atoms with Crippen LogP contribution in [0, 0.1) is 5.92 Å². The Bertz CT molecular complexity index is 160.